The van der Waals surface area contributed by atoms with E-state index in [0.29, 0.717) is 18.2 Å². The van der Waals surface area contributed by atoms with Crippen molar-refractivity contribution in [3.05, 3.63) is 59.9 Å². The first-order valence-corrected chi connectivity index (χ1v) is 8.78. The van der Waals surface area contributed by atoms with Gasteiger partial charge in [0.25, 0.3) is 0 Å². The van der Waals surface area contributed by atoms with E-state index in [1.165, 1.54) is 0 Å². The van der Waals surface area contributed by atoms with Crippen LogP contribution in [0.15, 0.2) is 54.9 Å². The van der Waals surface area contributed by atoms with Crippen LogP contribution in [0.1, 0.15) is 0 Å². The molecule has 1 unspecified atom stereocenters. The molecule has 0 amide bonds. The quantitative estimate of drug-likeness (QED) is 0.701. The summed E-state index contributed by atoms with van der Waals surface area (Å²) in [7, 11) is 0. The average Bonchev–Trinajstić information content (AvgIpc) is 3.04. The Labute approximate surface area is 151 Å². The molecule has 4 rings (SSSR count). The number of pyridine rings is 1. The van der Waals surface area contributed by atoms with Gasteiger partial charge in [0.05, 0.1) is 13.3 Å². The molecule has 130 valence electrons. The molecule has 25 heavy (non-hydrogen) atoms. The van der Waals surface area contributed by atoms with Crippen molar-refractivity contribution in [1.82, 2.24) is 14.5 Å². The van der Waals surface area contributed by atoms with E-state index in [0.717, 1.165) is 36.5 Å². The van der Waals surface area contributed by atoms with Crippen LogP contribution < -0.4 is 4.74 Å². The second kappa shape index (κ2) is 7.44. The number of hydrogen-bond donors (Lipinski definition) is 0. The molecular weight excluding hydrogens is 338 g/mol. The summed E-state index contributed by atoms with van der Waals surface area (Å²) < 4.78 is 13.8. The number of rotatable bonds is 5. The predicted molar refractivity (Wildman–Crippen MR) is 98.0 cm³/mol. The fourth-order valence-corrected chi connectivity index (χ4v) is 3.29. The zero-order valence-corrected chi connectivity index (χ0v) is 14.6. The van der Waals surface area contributed by atoms with E-state index in [1.54, 1.807) is 0 Å². The summed E-state index contributed by atoms with van der Waals surface area (Å²) in [5, 5.41) is 1.84. The van der Waals surface area contributed by atoms with E-state index < -0.39 is 0 Å². The third kappa shape index (κ3) is 3.95. The second-order valence-electron chi connectivity index (χ2n) is 6.18. The third-order valence-electron chi connectivity index (χ3n) is 4.33. The lowest BCUT2D eigenvalue weighted by Gasteiger charge is -2.33. The molecule has 1 aromatic carbocycles. The molecule has 0 radical (unpaired) electrons. The van der Waals surface area contributed by atoms with Gasteiger partial charge in [-0.2, -0.15) is 0 Å². The molecule has 0 aliphatic carbocycles. The van der Waals surface area contributed by atoms with Gasteiger partial charge in [-0.15, -0.1) is 0 Å². The Morgan fingerprint density at radius 1 is 1.24 bits per heavy atom. The molecule has 0 saturated carbocycles. The van der Waals surface area contributed by atoms with Gasteiger partial charge in [-0.05, 0) is 36.4 Å². The Kier molecular flexibility index (Phi) is 4.88. The molecule has 5 nitrogen and oxygen atoms in total. The van der Waals surface area contributed by atoms with Crippen molar-refractivity contribution < 1.29 is 9.47 Å². The summed E-state index contributed by atoms with van der Waals surface area (Å²) in [5.74, 6) is 0.772. The van der Waals surface area contributed by atoms with Crippen LogP contribution in [0.3, 0.4) is 0 Å². The number of morpholine rings is 1. The summed E-state index contributed by atoms with van der Waals surface area (Å²) in [5.41, 5.74) is 1.01. The van der Waals surface area contributed by atoms with Gasteiger partial charge in [-0.3, -0.25) is 4.90 Å². The smallest absolute Gasteiger partial charge is 0.140 e. The standard InChI is InChI=1S/C19H20ClN3O2/c20-16-4-1-5-17(11-16)25-13-18-12-22(9-10-24-18)14-23-8-6-15-3-2-7-21-19(15)23/h1-8,11,18H,9-10,12-14H2. The lowest BCUT2D eigenvalue weighted by Crippen LogP contribution is -2.45. The Morgan fingerprint density at radius 3 is 3.12 bits per heavy atom. The first kappa shape index (κ1) is 16.4. The molecule has 0 N–H and O–H groups in total. The minimum atomic E-state index is 0.0440. The minimum absolute atomic E-state index is 0.0440. The molecule has 1 aliphatic heterocycles. The van der Waals surface area contributed by atoms with E-state index in [-0.39, 0.29) is 6.10 Å². The lowest BCUT2D eigenvalue weighted by molar-refractivity contribution is -0.0562. The number of benzene rings is 1. The zero-order chi connectivity index (χ0) is 17.1. The Balaban J connectivity index is 1.36. The number of aromatic nitrogens is 2. The van der Waals surface area contributed by atoms with E-state index in [4.69, 9.17) is 21.1 Å². The van der Waals surface area contributed by atoms with Crippen molar-refractivity contribution in [3.63, 3.8) is 0 Å². The molecule has 0 spiro atoms. The maximum atomic E-state index is 5.99. The molecule has 3 heterocycles. The first-order chi connectivity index (χ1) is 12.3. The molecule has 1 atom stereocenters. The SMILES string of the molecule is Clc1cccc(OCC2CN(Cn3ccc4cccnc43)CCO2)c1. The summed E-state index contributed by atoms with van der Waals surface area (Å²) >= 11 is 5.99. The van der Waals surface area contributed by atoms with Gasteiger partial charge >= 0.3 is 0 Å². The third-order valence-corrected chi connectivity index (χ3v) is 4.57. The van der Waals surface area contributed by atoms with E-state index in [2.05, 4.69) is 32.8 Å². The summed E-state index contributed by atoms with van der Waals surface area (Å²) in [4.78, 5) is 6.84. The maximum absolute atomic E-state index is 5.99. The van der Waals surface area contributed by atoms with Crippen molar-refractivity contribution >= 4 is 22.6 Å². The minimum Gasteiger partial charge on any atom is -0.491 e. The number of ether oxygens (including phenoxy) is 2. The Morgan fingerprint density at radius 2 is 2.20 bits per heavy atom. The molecule has 1 aliphatic rings. The number of halogens is 1. The van der Waals surface area contributed by atoms with Crippen molar-refractivity contribution in [2.45, 2.75) is 12.8 Å². The van der Waals surface area contributed by atoms with Gasteiger partial charge < -0.3 is 14.0 Å². The van der Waals surface area contributed by atoms with Gasteiger partial charge in [-0.25, -0.2) is 4.98 Å². The Bertz CT molecular complexity index is 851. The van der Waals surface area contributed by atoms with Crippen LogP contribution in [0.4, 0.5) is 0 Å². The van der Waals surface area contributed by atoms with Crippen molar-refractivity contribution in [3.8, 4) is 5.75 Å². The van der Waals surface area contributed by atoms with Gasteiger partial charge in [-0.1, -0.05) is 17.7 Å². The normalized spacial score (nSPS) is 18.5. The highest BCUT2D eigenvalue weighted by atomic mass is 35.5. The highest BCUT2D eigenvalue weighted by Crippen LogP contribution is 2.19. The molecule has 1 saturated heterocycles. The van der Waals surface area contributed by atoms with Gasteiger partial charge in [0.1, 0.15) is 24.1 Å². The molecular formula is C19H20ClN3O2. The summed E-state index contributed by atoms with van der Waals surface area (Å²) in [6.07, 6.45) is 3.97. The number of fused-ring (bicyclic) bond motifs is 1. The van der Waals surface area contributed by atoms with E-state index >= 15 is 0 Å². The molecule has 1 fully saturated rings. The van der Waals surface area contributed by atoms with Crippen LogP contribution in [-0.2, 0) is 11.4 Å². The fourth-order valence-electron chi connectivity index (χ4n) is 3.11. The van der Waals surface area contributed by atoms with Crippen LogP contribution in [0.2, 0.25) is 5.02 Å². The van der Waals surface area contributed by atoms with Crippen molar-refractivity contribution in [2.24, 2.45) is 0 Å². The van der Waals surface area contributed by atoms with Crippen LogP contribution in [0, 0.1) is 0 Å². The largest absolute Gasteiger partial charge is 0.491 e. The highest BCUT2D eigenvalue weighted by Gasteiger charge is 2.21. The van der Waals surface area contributed by atoms with Crippen molar-refractivity contribution in [2.75, 3.05) is 26.3 Å². The van der Waals surface area contributed by atoms with Gasteiger partial charge in [0, 0.05) is 35.9 Å². The first-order valence-electron chi connectivity index (χ1n) is 8.40. The van der Waals surface area contributed by atoms with E-state index in [1.807, 2.05) is 36.5 Å². The number of nitrogens with zero attached hydrogens (tertiary/aromatic N) is 3. The van der Waals surface area contributed by atoms with Crippen LogP contribution in [0.25, 0.3) is 11.0 Å². The summed E-state index contributed by atoms with van der Waals surface area (Å²) in [6, 6.07) is 13.6. The molecule has 2 aromatic heterocycles. The molecule has 0 bridgehead atoms. The highest BCUT2D eigenvalue weighted by molar-refractivity contribution is 6.30. The van der Waals surface area contributed by atoms with Crippen LogP contribution in [-0.4, -0.2) is 46.9 Å². The fraction of sp³-hybridized carbons (Fsp3) is 0.316. The van der Waals surface area contributed by atoms with Crippen LogP contribution in [0.5, 0.6) is 5.75 Å². The van der Waals surface area contributed by atoms with Gasteiger partial charge in [0.2, 0.25) is 0 Å². The van der Waals surface area contributed by atoms with Crippen molar-refractivity contribution in [1.29, 1.82) is 0 Å². The summed E-state index contributed by atoms with van der Waals surface area (Å²) in [6.45, 7) is 3.75. The second-order valence-corrected chi connectivity index (χ2v) is 6.62. The zero-order valence-electron chi connectivity index (χ0n) is 13.8. The number of hydrogen-bond acceptors (Lipinski definition) is 4. The van der Waals surface area contributed by atoms with E-state index in [9.17, 15) is 0 Å². The molecule has 3 aromatic rings. The average molecular weight is 358 g/mol. The van der Waals surface area contributed by atoms with Crippen LogP contribution >= 0.6 is 11.6 Å². The molecule has 6 heteroatoms. The Hall–Kier alpha value is -2.08. The van der Waals surface area contributed by atoms with Gasteiger partial charge in [0.15, 0.2) is 0 Å². The maximum Gasteiger partial charge on any atom is 0.140 e. The topological polar surface area (TPSA) is 39.5 Å². The lowest BCUT2D eigenvalue weighted by atomic mass is 10.3. The predicted octanol–water partition coefficient (Wildman–Crippen LogP) is 3.43. The monoisotopic (exact) mass is 357 g/mol.